The van der Waals surface area contributed by atoms with Gasteiger partial charge in [-0.15, -0.1) is 0 Å². The summed E-state index contributed by atoms with van der Waals surface area (Å²) in [4.78, 5) is 25.4. The van der Waals surface area contributed by atoms with E-state index in [0.717, 1.165) is 32.4 Å². The molecular weight excluding hydrogens is 256 g/mol. The summed E-state index contributed by atoms with van der Waals surface area (Å²) >= 11 is 0. The van der Waals surface area contributed by atoms with Crippen LogP contribution < -0.4 is 5.32 Å². The molecule has 1 amide bonds. The van der Waals surface area contributed by atoms with Gasteiger partial charge in [0.15, 0.2) is 0 Å². The van der Waals surface area contributed by atoms with Crippen LogP contribution in [0.5, 0.6) is 0 Å². The number of anilines is 1. The first-order chi connectivity index (χ1) is 9.61. The second-order valence-electron chi connectivity index (χ2n) is 5.07. The first-order valence-corrected chi connectivity index (χ1v) is 7.00. The lowest BCUT2D eigenvalue weighted by atomic mass is 10.1. The summed E-state index contributed by atoms with van der Waals surface area (Å²) in [5.41, 5.74) is 0.720. The normalized spacial score (nSPS) is 18.9. The highest BCUT2D eigenvalue weighted by Crippen LogP contribution is 2.19. The van der Waals surface area contributed by atoms with E-state index in [0.29, 0.717) is 5.69 Å². The smallest absolute Gasteiger partial charge is 0.335 e. The first-order valence-electron chi connectivity index (χ1n) is 7.00. The van der Waals surface area contributed by atoms with Gasteiger partial charge in [0, 0.05) is 5.69 Å². The fraction of sp³-hybridized carbons (Fsp3) is 0.467. The monoisotopic (exact) mass is 276 g/mol. The number of likely N-dealkylation sites (tertiary alicyclic amines) is 1. The van der Waals surface area contributed by atoms with E-state index < -0.39 is 5.97 Å². The summed E-state index contributed by atoms with van der Waals surface area (Å²) in [6, 6.07) is 6.25. The molecule has 0 aliphatic carbocycles. The molecule has 1 aromatic carbocycles. The molecule has 5 heteroatoms. The molecule has 1 aromatic rings. The van der Waals surface area contributed by atoms with E-state index in [9.17, 15) is 9.59 Å². The molecular formula is C15H20N2O3. The van der Waals surface area contributed by atoms with Gasteiger partial charge in [0.1, 0.15) is 0 Å². The number of nitrogens with one attached hydrogen (secondary N) is 1. The predicted molar refractivity (Wildman–Crippen MR) is 76.9 cm³/mol. The van der Waals surface area contributed by atoms with E-state index in [1.54, 1.807) is 12.1 Å². The number of amides is 1. The fourth-order valence-electron chi connectivity index (χ4n) is 2.63. The number of hydrogen-bond donors (Lipinski definition) is 2. The Hall–Kier alpha value is -1.88. The Kier molecular flexibility index (Phi) is 4.74. The van der Waals surface area contributed by atoms with E-state index in [2.05, 4.69) is 17.1 Å². The molecule has 1 heterocycles. The van der Waals surface area contributed by atoms with Gasteiger partial charge in [-0.05, 0) is 50.6 Å². The van der Waals surface area contributed by atoms with E-state index >= 15 is 0 Å². The number of carbonyl (C=O) groups excluding carboxylic acids is 1. The molecule has 0 bridgehead atoms. The highest BCUT2D eigenvalue weighted by Gasteiger charge is 2.29. The number of rotatable bonds is 5. The highest BCUT2D eigenvalue weighted by atomic mass is 16.4. The molecule has 1 fully saturated rings. The van der Waals surface area contributed by atoms with E-state index in [1.807, 2.05) is 0 Å². The molecule has 1 aliphatic heterocycles. The molecule has 5 nitrogen and oxygen atoms in total. The molecule has 0 spiro atoms. The molecule has 0 radical (unpaired) electrons. The largest absolute Gasteiger partial charge is 0.478 e. The van der Waals surface area contributed by atoms with Gasteiger partial charge >= 0.3 is 5.97 Å². The Morgan fingerprint density at radius 2 is 2.25 bits per heavy atom. The summed E-state index contributed by atoms with van der Waals surface area (Å²) < 4.78 is 0. The van der Waals surface area contributed by atoms with Crippen LogP contribution in [0.25, 0.3) is 0 Å². The minimum Gasteiger partial charge on any atom is -0.478 e. The third-order valence-corrected chi connectivity index (χ3v) is 3.55. The molecule has 1 atom stereocenters. The van der Waals surface area contributed by atoms with Crippen LogP contribution in [0.1, 0.15) is 36.5 Å². The molecule has 0 saturated carbocycles. The standard InChI is InChI=1S/C15H20N2O3/c1-2-8-17-9-4-7-13(17)14(18)16-12-6-3-5-11(10-12)15(19)20/h3,5-6,10,13H,2,4,7-9H2,1H3,(H,16,18)(H,19,20). The maximum Gasteiger partial charge on any atom is 0.335 e. The van der Waals surface area contributed by atoms with E-state index in [4.69, 9.17) is 5.11 Å². The Morgan fingerprint density at radius 3 is 2.95 bits per heavy atom. The van der Waals surface area contributed by atoms with Crippen molar-refractivity contribution < 1.29 is 14.7 Å². The second-order valence-corrected chi connectivity index (χ2v) is 5.07. The molecule has 2 N–H and O–H groups in total. The molecule has 1 saturated heterocycles. The zero-order chi connectivity index (χ0) is 14.5. The van der Waals surface area contributed by atoms with Crippen molar-refractivity contribution in [2.75, 3.05) is 18.4 Å². The van der Waals surface area contributed by atoms with Gasteiger partial charge in [-0.2, -0.15) is 0 Å². The second kappa shape index (κ2) is 6.52. The lowest BCUT2D eigenvalue weighted by molar-refractivity contribution is -0.120. The lowest BCUT2D eigenvalue weighted by Crippen LogP contribution is -2.39. The van der Waals surface area contributed by atoms with Crippen molar-refractivity contribution in [1.82, 2.24) is 4.90 Å². The number of carboxylic acids is 1. The zero-order valence-corrected chi connectivity index (χ0v) is 11.6. The minimum absolute atomic E-state index is 0.0431. The Morgan fingerprint density at radius 1 is 1.45 bits per heavy atom. The summed E-state index contributed by atoms with van der Waals surface area (Å²) in [5.74, 6) is -1.03. The van der Waals surface area contributed by atoms with Gasteiger partial charge in [0.2, 0.25) is 5.91 Å². The third-order valence-electron chi connectivity index (χ3n) is 3.55. The summed E-state index contributed by atoms with van der Waals surface area (Å²) in [5, 5.41) is 11.8. The number of benzene rings is 1. The number of carbonyl (C=O) groups is 2. The quantitative estimate of drug-likeness (QED) is 0.865. The van der Waals surface area contributed by atoms with Gasteiger partial charge < -0.3 is 10.4 Å². The molecule has 0 aromatic heterocycles. The van der Waals surface area contributed by atoms with Crippen molar-refractivity contribution in [3.05, 3.63) is 29.8 Å². The fourth-order valence-corrected chi connectivity index (χ4v) is 2.63. The maximum atomic E-state index is 12.3. The zero-order valence-electron chi connectivity index (χ0n) is 11.6. The number of carboxylic acid groups (broad SMARTS) is 1. The van der Waals surface area contributed by atoms with Crippen LogP contribution in [0.2, 0.25) is 0 Å². The van der Waals surface area contributed by atoms with Gasteiger partial charge in [-0.25, -0.2) is 4.79 Å². The van der Waals surface area contributed by atoms with Crippen LogP contribution in [0, 0.1) is 0 Å². The van der Waals surface area contributed by atoms with Crippen LogP contribution in [-0.2, 0) is 4.79 Å². The molecule has 1 unspecified atom stereocenters. The Labute approximate surface area is 118 Å². The van der Waals surface area contributed by atoms with Crippen LogP contribution >= 0.6 is 0 Å². The van der Waals surface area contributed by atoms with Crippen LogP contribution in [0.15, 0.2) is 24.3 Å². The van der Waals surface area contributed by atoms with Crippen LogP contribution in [0.3, 0.4) is 0 Å². The predicted octanol–water partition coefficient (Wildman–Crippen LogP) is 2.20. The number of aromatic carboxylic acids is 1. The average Bonchev–Trinajstić information content (AvgIpc) is 2.88. The molecule has 108 valence electrons. The summed E-state index contributed by atoms with van der Waals surface area (Å²) in [6.07, 6.45) is 2.93. The molecule has 20 heavy (non-hydrogen) atoms. The Bertz CT molecular complexity index is 502. The SMILES string of the molecule is CCCN1CCCC1C(=O)Nc1cccc(C(=O)O)c1. The molecule has 1 aliphatic rings. The van der Waals surface area contributed by atoms with E-state index in [-0.39, 0.29) is 17.5 Å². The van der Waals surface area contributed by atoms with Gasteiger partial charge in [-0.3, -0.25) is 9.69 Å². The highest BCUT2D eigenvalue weighted by molar-refractivity contribution is 5.96. The average molecular weight is 276 g/mol. The number of hydrogen-bond acceptors (Lipinski definition) is 3. The maximum absolute atomic E-state index is 12.3. The molecule has 2 rings (SSSR count). The van der Waals surface area contributed by atoms with E-state index in [1.165, 1.54) is 12.1 Å². The van der Waals surface area contributed by atoms with Gasteiger partial charge in [0.05, 0.1) is 11.6 Å². The first kappa shape index (κ1) is 14.5. The number of nitrogens with zero attached hydrogens (tertiary/aromatic N) is 1. The third kappa shape index (κ3) is 3.36. The van der Waals surface area contributed by atoms with Crippen molar-refractivity contribution in [3.8, 4) is 0 Å². The summed E-state index contributed by atoms with van der Waals surface area (Å²) in [7, 11) is 0. The van der Waals surface area contributed by atoms with Crippen LogP contribution in [-0.4, -0.2) is 41.0 Å². The van der Waals surface area contributed by atoms with Crippen molar-refractivity contribution in [2.45, 2.75) is 32.2 Å². The lowest BCUT2D eigenvalue weighted by Gasteiger charge is -2.23. The van der Waals surface area contributed by atoms with Crippen molar-refractivity contribution in [1.29, 1.82) is 0 Å². The van der Waals surface area contributed by atoms with Gasteiger partial charge in [-0.1, -0.05) is 13.0 Å². The topological polar surface area (TPSA) is 69.6 Å². The minimum atomic E-state index is -0.991. The van der Waals surface area contributed by atoms with Crippen molar-refractivity contribution in [2.24, 2.45) is 0 Å². The summed E-state index contributed by atoms with van der Waals surface area (Å²) in [6.45, 7) is 3.98. The Balaban J connectivity index is 2.04. The van der Waals surface area contributed by atoms with Crippen molar-refractivity contribution in [3.63, 3.8) is 0 Å². The van der Waals surface area contributed by atoms with Crippen LogP contribution in [0.4, 0.5) is 5.69 Å². The van der Waals surface area contributed by atoms with Gasteiger partial charge in [0.25, 0.3) is 0 Å². The van der Waals surface area contributed by atoms with Crippen molar-refractivity contribution >= 4 is 17.6 Å².